The molecular formula is C26H40O6. The molecular weight excluding hydrogens is 408 g/mol. The van der Waals surface area contributed by atoms with Gasteiger partial charge in [-0.25, -0.2) is 0 Å². The second-order valence-corrected chi connectivity index (χ2v) is 11.3. The van der Waals surface area contributed by atoms with Crippen molar-refractivity contribution in [2.45, 2.75) is 99.2 Å². The molecule has 0 radical (unpaired) electrons. The predicted molar refractivity (Wildman–Crippen MR) is 121 cm³/mol. The van der Waals surface area contributed by atoms with Crippen LogP contribution in [0.4, 0.5) is 0 Å². The highest BCUT2D eigenvalue weighted by Crippen LogP contribution is 2.64. The van der Waals surface area contributed by atoms with E-state index in [1.54, 1.807) is 0 Å². The van der Waals surface area contributed by atoms with E-state index in [1.165, 1.54) is 26.3 Å². The van der Waals surface area contributed by atoms with Crippen molar-refractivity contribution in [1.29, 1.82) is 0 Å². The molecule has 2 saturated carbocycles. The number of hydrogen-bond donors (Lipinski definition) is 0. The molecule has 180 valence electrons. The van der Waals surface area contributed by atoms with Crippen LogP contribution < -0.4 is 0 Å². The highest BCUT2D eigenvalue weighted by molar-refractivity contribution is 5.67. The fourth-order valence-corrected chi connectivity index (χ4v) is 7.15. The van der Waals surface area contributed by atoms with Gasteiger partial charge in [-0.05, 0) is 55.8 Å². The number of carbonyl (C=O) groups excluding carboxylic acids is 3. The first-order valence-corrected chi connectivity index (χ1v) is 12.0. The van der Waals surface area contributed by atoms with Gasteiger partial charge in [-0.15, -0.1) is 0 Å². The van der Waals surface area contributed by atoms with Crippen molar-refractivity contribution in [3.05, 3.63) is 11.6 Å². The lowest BCUT2D eigenvalue weighted by molar-refractivity contribution is -0.176. The largest absolute Gasteiger partial charge is 0.462 e. The zero-order valence-electron chi connectivity index (χ0n) is 20.8. The molecule has 6 atom stereocenters. The molecule has 3 rings (SSSR count). The highest BCUT2D eigenvalue weighted by atomic mass is 16.6. The molecule has 3 aliphatic carbocycles. The lowest BCUT2D eigenvalue weighted by atomic mass is 9.45. The van der Waals surface area contributed by atoms with Crippen LogP contribution >= 0.6 is 0 Å². The first kappa shape index (κ1) is 24.8. The van der Waals surface area contributed by atoms with Crippen LogP contribution in [0.5, 0.6) is 0 Å². The number of allylic oxidation sites excluding steroid dienone is 1. The molecule has 0 spiro atoms. The van der Waals surface area contributed by atoms with Crippen molar-refractivity contribution >= 4 is 17.9 Å². The van der Waals surface area contributed by atoms with Crippen LogP contribution in [0.15, 0.2) is 11.6 Å². The number of carbonyl (C=O) groups is 3. The molecule has 3 aliphatic rings. The van der Waals surface area contributed by atoms with Gasteiger partial charge < -0.3 is 14.2 Å². The fraction of sp³-hybridized carbons (Fsp3) is 0.808. The van der Waals surface area contributed by atoms with Crippen LogP contribution in [-0.4, -0.2) is 36.7 Å². The Morgan fingerprint density at radius 1 is 0.969 bits per heavy atom. The van der Waals surface area contributed by atoms with Crippen molar-refractivity contribution in [3.63, 3.8) is 0 Å². The third-order valence-corrected chi connectivity index (χ3v) is 8.71. The molecule has 0 N–H and O–H groups in total. The SMILES string of the molecule is CC(=O)OC[C@H](OC(C)=O)[C@]1(C)C=C2CC[C@H]3C(C)(C)[C@@H](OC(C)=O)CC[C@]3(C)[C@H]2CC1. The maximum absolute atomic E-state index is 11.8. The molecule has 0 unspecified atom stereocenters. The number of fused-ring (bicyclic) bond motifs is 3. The van der Waals surface area contributed by atoms with Gasteiger partial charge in [-0.2, -0.15) is 0 Å². The van der Waals surface area contributed by atoms with Crippen LogP contribution in [0.2, 0.25) is 0 Å². The van der Waals surface area contributed by atoms with Gasteiger partial charge in [0.05, 0.1) is 0 Å². The van der Waals surface area contributed by atoms with Gasteiger partial charge in [0.25, 0.3) is 0 Å². The lowest BCUT2D eigenvalue weighted by Crippen LogP contribution is -2.56. The van der Waals surface area contributed by atoms with Crippen LogP contribution in [0.1, 0.15) is 87.0 Å². The maximum Gasteiger partial charge on any atom is 0.303 e. The van der Waals surface area contributed by atoms with E-state index < -0.39 is 6.10 Å². The minimum absolute atomic E-state index is 0.0328. The molecule has 0 aromatic heterocycles. The molecule has 0 aromatic carbocycles. The van der Waals surface area contributed by atoms with Crippen LogP contribution in [-0.2, 0) is 28.6 Å². The van der Waals surface area contributed by atoms with E-state index >= 15 is 0 Å². The van der Waals surface area contributed by atoms with Crippen molar-refractivity contribution in [2.75, 3.05) is 6.61 Å². The maximum atomic E-state index is 11.8. The predicted octanol–water partition coefficient (Wildman–Crippen LogP) is 4.99. The number of hydrogen-bond acceptors (Lipinski definition) is 6. The first-order chi connectivity index (χ1) is 14.8. The van der Waals surface area contributed by atoms with E-state index in [-0.39, 0.29) is 46.9 Å². The van der Waals surface area contributed by atoms with Crippen LogP contribution in [0, 0.1) is 28.1 Å². The summed E-state index contributed by atoms with van der Waals surface area (Å²) in [6.45, 7) is 13.4. The minimum atomic E-state index is -0.487. The Balaban J connectivity index is 1.87. The molecule has 32 heavy (non-hydrogen) atoms. The van der Waals surface area contributed by atoms with Gasteiger partial charge >= 0.3 is 17.9 Å². The summed E-state index contributed by atoms with van der Waals surface area (Å²) in [6.07, 6.45) is 7.68. The molecule has 6 heteroatoms. The summed E-state index contributed by atoms with van der Waals surface area (Å²) < 4.78 is 16.6. The van der Waals surface area contributed by atoms with Gasteiger partial charge in [0.2, 0.25) is 0 Å². The van der Waals surface area contributed by atoms with E-state index in [2.05, 4.69) is 33.8 Å². The fourth-order valence-electron chi connectivity index (χ4n) is 7.15. The molecule has 0 bridgehead atoms. The summed E-state index contributed by atoms with van der Waals surface area (Å²) in [5.74, 6) is 0.0290. The average molecular weight is 449 g/mol. The molecule has 2 fully saturated rings. The Kier molecular flexibility index (Phi) is 6.84. The molecule has 0 amide bonds. The van der Waals surface area contributed by atoms with E-state index in [1.807, 2.05) is 0 Å². The van der Waals surface area contributed by atoms with E-state index in [0.29, 0.717) is 11.8 Å². The summed E-state index contributed by atoms with van der Waals surface area (Å²) in [7, 11) is 0. The molecule has 0 aromatic rings. The van der Waals surface area contributed by atoms with Crippen molar-refractivity contribution in [2.24, 2.45) is 28.1 Å². The van der Waals surface area contributed by atoms with Crippen molar-refractivity contribution < 1.29 is 28.6 Å². The molecule has 6 nitrogen and oxygen atoms in total. The summed E-state index contributed by atoms with van der Waals surface area (Å²) in [5, 5.41) is 0. The smallest absolute Gasteiger partial charge is 0.303 e. The molecule has 0 aliphatic heterocycles. The van der Waals surface area contributed by atoms with E-state index in [0.717, 1.165) is 38.5 Å². The van der Waals surface area contributed by atoms with E-state index in [9.17, 15) is 14.4 Å². The number of ether oxygens (including phenoxy) is 3. The Hall–Kier alpha value is -1.85. The lowest BCUT2D eigenvalue weighted by Gasteiger charge is -2.61. The first-order valence-electron chi connectivity index (χ1n) is 12.0. The second kappa shape index (κ2) is 8.83. The number of rotatable bonds is 5. The standard InChI is InChI=1S/C26H40O6/c1-16(27)30-15-23(32-18(3)29)25(6)12-10-20-19(14-25)8-9-21-24(4,5)22(31-17(2)28)11-13-26(20,21)7/h14,20-23H,8-13,15H2,1-7H3/t20-,21-,22-,23-,25-,26+/m0/s1. The number of esters is 3. The molecule has 0 heterocycles. The summed E-state index contributed by atoms with van der Waals surface area (Å²) in [5.41, 5.74) is 1.17. The Bertz CT molecular complexity index is 798. The summed E-state index contributed by atoms with van der Waals surface area (Å²) in [4.78, 5) is 34.8. The van der Waals surface area contributed by atoms with Gasteiger partial charge in [-0.1, -0.05) is 39.3 Å². The summed E-state index contributed by atoms with van der Waals surface area (Å²) in [6, 6.07) is 0. The third-order valence-electron chi connectivity index (χ3n) is 8.71. The van der Waals surface area contributed by atoms with Crippen molar-refractivity contribution in [1.82, 2.24) is 0 Å². The monoisotopic (exact) mass is 448 g/mol. The van der Waals surface area contributed by atoms with E-state index in [4.69, 9.17) is 14.2 Å². The van der Waals surface area contributed by atoms with Gasteiger partial charge in [0, 0.05) is 31.6 Å². The average Bonchev–Trinajstić information content (AvgIpc) is 2.66. The summed E-state index contributed by atoms with van der Waals surface area (Å²) >= 11 is 0. The Labute approximate surface area is 192 Å². The van der Waals surface area contributed by atoms with Gasteiger partial charge in [0.15, 0.2) is 0 Å². The Morgan fingerprint density at radius 3 is 2.25 bits per heavy atom. The second-order valence-electron chi connectivity index (χ2n) is 11.3. The Morgan fingerprint density at radius 2 is 1.66 bits per heavy atom. The van der Waals surface area contributed by atoms with Crippen LogP contribution in [0.3, 0.4) is 0 Å². The third kappa shape index (κ3) is 4.60. The topological polar surface area (TPSA) is 78.9 Å². The van der Waals surface area contributed by atoms with Crippen molar-refractivity contribution in [3.8, 4) is 0 Å². The minimum Gasteiger partial charge on any atom is -0.462 e. The quantitative estimate of drug-likeness (QED) is 0.335. The normalized spacial score (nSPS) is 36.6. The van der Waals surface area contributed by atoms with Crippen LogP contribution in [0.25, 0.3) is 0 Å². The highest BCUT2D eigenvalue weighted by Gasteiger charge is 2.58. The zero-order chi connectivity index (χ0) is 23.9. The van der Waals surface area contributed by atoms with Gasteiger partial charge in [0.1, 0.15) is 18.8 Å². The molecule has 0 saturated heterocycles. The zero-order valence-corrected chi connectivity index (χ0v) is 20.8. The van der Waals surface area contributed by atoms with Gasteiger partial charge in [-0.3, -0.25) is 14.4 Å².